The predicted molar refractivity (Wildman–Crippen MR) is 54.0 cm³/mol. The Labute approximate surface area is 83.6 Å². The third-order valence-corrected chi connectivity index (χ3v) is 2.46. The van der Waals surface area contributed by atoms with Gasteiger partial charge in [-0.1, -0.05) is 0 Å². The summed E-state index contributed by atoms with van der Waals surface area (Å²) in [5.74, 6) is 0.784. The molecule has 1 aromatic heterocycles. The molecule has 1 N–H and O–H groups in total. The van der Waals surface area contributed by atoms with E-state index in [0.29, 0.717) is 6.04 Å². The first-order chi connectivity index (χ1) is 6.85. The minimum atomic E-state index is 0.00976. The van der Waals surface area contributed by atoms with Crippen LogP contribution in [0.3, 0.4) is 0 Å². The second-order valence-corrected chi connectivity index (χ2v) is 3.57. The number of rotatable bonds is 4. The normalized spacial score (nSPS) is 15.6. The highest BCUT2D eigenvalue weighted by atomic mass is 16.3. The van der Waals surface area contributed by atoms with Crippen molar-refractivity contribution in [1.29, 1.82) is 0 Å². The molecule has 4 nitrogen and oxygen atoms in total. The minimum Gasteiger partial charge on any atom is -0.392 e. The van der Waals surface area contributed by atoms with E-state index in [0.717, 1.165) is 18.1 Å². The quantitative estimate of drug-likeness (QED) is 0.773. The van der Waals surface area contributed by atoms with E-state index >= 15 is 0 Å². The van der Waals surface area contributed by atoms with Crippen LogP contribution in [0.4, 0.5) is 5.95 Å². The Morgan fingerprint density at radius 3 is 2.50 bits per heavy atom. The van der Waals surface area contributed by atoms with Gasteiger partial charge in [-0.05, 0) is 19.8 Å². The van der Waals surface area contributed by atoms with Crippen molar-refractivity contribution in [2.45, 2.75) is 32.4 Å². The van der Waals surface area contributed by atoms with Gasteiger partial charge in [-0.15, -0.1) is 0 Å². The van der Waals surface area contributed by atoms with Crippen molar-refractivity contribution >= 4 is 5.95 Å². The number of hydrogen-bond acceptors (Lipinski definition) is 4. The second-order valence-electron chi connectivity index (χ2n) is 3.57. The van der Waals surface area contributed by atoms with Crippen molar-refractivity contribution in [3.63, 3.8) is 0 Å². The van der Waals surface area contributed by atoms with Gasteiger partial charge in [0, 0.05) is 30.5 Å². The molecule has 2 rings (SSSR count). The summed E-state index contributed by atoms with van der Waals surface area (Å²) in [6.07, 6.45) is 5.87. The van der Waals surface area contributed by atoms with Crippen molar-refractivity contribution in [2.24, 2.45) is 0 Å². The summed E-state index contributed by atoms with van der Waals surface area (Å²) in [6, 6.07) is 0.639. The molecule has 1 heterocycles. The van der Waals surface area contributed by atoms with Gasteiger partial charge in [0.25, 0.3) is 0 Å². The molecule has 0 unspecified atom stereocenters. The lowest BCUT2D eigenvalue weighted by Gasteiger charge is -2.19. The summed E-state index contributed by atoms with van der Waals surface area (Å²) < 4.78 is 0. The molecule has 0 aromatic carbocycles. The van der Waals surface area contributed by atoms with Gasteiger partial charge in [-0.3, -0.25) is 0 Å². The van der Waals surface area contributed by atoms with E-state index in [1.165, 1.54) is 12.8 Å². The molecule has 0 amide bonds. The predicted octanol–water partition coefficient (Wildman–Crippen LogP) is 0.958. The zero-order chi connectivity index (χ0) is 9.97. The molecular formula is C10H15N3O. The van der Waals surface area contributed by atoms with Gasteiger partial charge >= 0.3 is 0 Å². The SMILES string of the molecule is CCN(c1ncc(CO)cn1)C1CC1. The average Bonchev–Trinajstić information content (AvgIpc) is 3.04. The van der Waals surface area contributed by atoms with Crippen LogP contribution in [0.5, 0.6) is 0 Å². The molecule has 1 aliphatic carbocycles. The van der Waals surface area contributed by atoms with Crippen molar-refractivity contribution in [2.75, 3.05) is 11.4 Å². The number of aliphatic hydroxyl groups is 1. The Morgan fingerprint density at radius 1 is 1.43 bits per heavy atom. The summed E-state index contributed by atoms with van der Waals surface area (Å²) in [7, 11) is 0. The summed E-state index contributed by atoms with van der Waals surface area (Å²) >= 11 is 0. The van der Waals surface area contributed by atoms with E-state index in [4.69, 9.17) is 5.11 Å². The number of hydrogen-bond donors (Lipinski definition) is 1. The molecule has 1 fully saturated rings. The molecule has 0 saturated heterocycles. The zero-order valence-corrected chi connectivity index (χ0v) is 8.35. The molecule has 4 heteroatoms. The summed E-state index contributed by atoms with van der Waals surface area (Å²) in [4.78, 5) is 10.7. The number of aliphatic hydroxyl groups excluding tert-OH is 1. The molecule has 0 spiro atoms. The third kappa shape index (κ3) is 1.85. The molecule has 0 aliphatic heterocycles. The van der Waals surface area contributed by atoms with Crippen LogP contribution in [0.1, 0.15) is 25.3 Å². The highest BCUT2D eigenvalue weighted by Crippen LogP contribution is 2.28. The maximum absolute atomic E-state index is 8.85. The van der Waals surface area contributed by atoms with E-state index in [1.807, 2.05) is 0 Å². The first-order valence-electron chi connectivity index (χ1n) is 5.03. The summed E-state index contributed by atoms with van der Waals surface area (Å²) in [5, 5.41) is 8.85. The van der Waals surface area contributed by atoms with Gasteiger partial charge in [0.1, 0.15) is 0 Å². The highest BCUT2D eigenvalue weighted by Gasteiger charge is 2.29. The Kier molecular flexibility index (Phi) is 2.63. The van der Waals surface area contributed by atoms with Gasteiger partial charge in [0.2, 0.25) is 5.95 Å². The smallest absolute Gasteiger partial charge is 0.225 e. The average molecular weight is 193 g/mol. The molecule has 0 radical (unpaired) electrons. The van der Waals surface area contributed by atoms with Crippen LogP contribution in [-0.4, -0.2) is 27.7 Å². The van der Waals surface area contributed by atoms with Crippen LogP contribution in [-0.2, 0) is 6.61 Å². The first-order valence-corrected chi connectivity index (χ1v) is 5.03. The van der Waals surface area contributed by atoms with Crippen LogP contribution >= 0.6 is 0 Å². The van der Waals surface area contributed by atoms with Gasteiger partial charge in [0.15, 0.2) is 0 Å². The van der Waals surface area contributed by atoms with Crippen molar-refractivity contribution < 1.29 is 5.11 Å². The van der Waals surface area contributed by atoms with Gasteiger partial charge in [-0.2, -0.15) is 0 Å². The topological polar surface area (TPSA) is 49.2 Å². The summed E-state index contributed by atoms with van der Waals surface area (Å²) in [5.41, 5.74) is 0.764. The standard InChI is InChI=1S/C10H15N3O/c1-2-13(9-3-4-9)10-11-5-8(7-14)6-12-10/h5-6,9,14H,2-4,7H2,1H3. The molecule has 0 atom stereocenters. The molecule has 0 bridgehead atoms. The molecule has 76 valence electrons. The lowest BCUT2D eigenvalue weighted by molar-refractivity contribution is 0.281. The van der Waals surface area contributed by atoms with Crippen molar-refractivity contribution in [3.8, 4) is 0 Å². The van der Waals surface area contributed by atoms with Gasteiger partial charge in [0.05, 0.1) is 6.61 Å². The fourth-order valence-electron chi connectivity index (χ4n) is 1.53. The molecular weight excluding hydrogens is 178 g/mol. The lowest BCUT2D eigenvalue weighted by Crippen LogP contribution is -2.27. The van der Waals surface area contributed by atoms with Crippen LogP contribution in [0.15, 0.2) is 12.4 Å². The molecule has 14 heavy (non-hydrogen) atoms. The maximum atomic E-state index is 8.85. The van der Waals surface area contributed by atoms with E-state index in [9.17, 15) is 0 Å². The van der Waals surface area contributed by atoms with Gasteiger partial charge in [-0.25, -0.2) is 9.97 Å². The fourth-order valence-corrected chi connectivity index (χ4v) is 1.53. The zero-order valence-electron chi connectivity index (χ0n) is 8.35. The number of anilines is 1. The van der Waals surface area contributed by atoms with E-state index in [2.05, 4.69) is 21.8 Å². The lowest BCUT2D eigenvalue weighted by atomic mass is 10.4. The number of aromatic nitrogens is 2. The Balaban J connectivity index is 2.13. The molecule has 1 aromatic rings. The maximum Gasteiger partial charge on any atom is 0.225 e. The Bertz CT molecular complexity index is 295. The van der Waals surface area contributed by atoms with Crippen molar-refractivity contribution in [3.05, 3.63) is 18.0 Å². The summed E-state index contributed by atoms with van der Waals surface area (Å²) in [6.45, 7) is 3.07. The van der Waals surface area contributed by atoms with E-state index < -0.39 is 0 Å². The van der Waals surface area contributed by atoms with E-state index in [-0.39, 0.29) is 6.61 Å². The van der Waals surface area contributed by atoms with Crippen LogP contribution < -0.4 is 4.90 Å². The Morgan fingerprint density at radius 2 is 2.07 bits per heavy atom. The van der Waals surface area contributed by atoms with E-state index in [1.54, 1.807) is 12.4 Å². The third-order valence-electron chi connectivity index (χ3n) is 2.46. The minimum absolute atomic E-state index is 0.00976. The Hall–Kier alpha value is -1.16. The van der Waals surface area contributed by atoms with Crippen LogP contribution in [0.25, 0.3) is 0 Å². The fraction of sp³-hybridized carbons (Fsp3) is 0.600. The van der Waals surface area contributed by atoms with Gasteiger partial charge < -0.3 is 10.0 Å². The first kappa shape index (κ1) is 9.40. The second kappa shape index (κ2) is 3.92. The molecule has 1 aliphatic rings. The highest BCUT2D eigenvalue weighted by molar-refractivity contribution is 5.33. The molecule has 1 saturated carbocycles. The van der Waals surface area contributed by atoms with Crippen LogP contribution in [0, 0.1) is 0 Å². The monoisotopic (exact) mass is 193 g/mol. The number of nitrogens with zero attached hydrogens (tertiary/aromatic N) is 3. The largest absolute Gasteiger partial charge is 0.392 e. The van der Waals surface area contributed by atoms with Crippen molar-refractivity contribution in [1.82, 2.24) is 9.97 Å². The van der Waals surface area contributed by atoms with Crippen LogP contribution in [0.2, 0.25) is 0 Å².